The number of hydrogen-bond acceptors (Lipinski definition) is 4. The summed E-state index contributed by atoms with van der Waals surface area (Å²) in [6.07, 6.45) is 0. The van der Waals surface area contributed by atoms with Gasteiger partial charge in [0, 0.05) is 0 Å². The van der Waals surface area contributed by atoms with Crippen molar-refractivity contribution in [3.63, 3.8) is 0 Å². The summed E-state index contributed by atoms with van der Waals surface area (Å²) in [7, 11) is 0. The molecule has 0 aromatic rings. The van der Waals surface area contributed by atoms with E-state index in [4.69, 9.17) is 14.3 Å². The molecular weight excluding hydrogens is 448 g/mol. The average Bonchev–Trinajstić information content (AvgIpc) is 0.722. The van der Waals surface area contributed by atoms with Crippen LogP contribution in [-0.4, -0.2) is 0 Å². The van der Waals surface area contributed by atoms with Crippen LogP contribution in [0.15, 0.2) is 0 Å². The van der Waals surface area contributed by atoms with E-state index in [0.717, 1.165) is 0 Å². The van der Waals surface area contributed by atoms with Gasteiger partial charge in [-0.1, -0.05) is 0 Å². The molecule has 0 heterocycles. The molecule has 6 heteroatoms. The Labute approximate surface area is 58.4 Å². The Hall–Kier alpha value is 1.14. The second-order valence-corrected chi connectivity index (χ2v) is 3.34. The van der Waals surface area contributed by atoms with Gasteiger partial charge in [-0.05, 0) is 0 Å². The van der Waals surface area contributed by atoms with Crippen LogP contribution < -0.4 is 7.52 Å². The van der Waals surface area contributed by atoms with E-state index in [0.29, 0.717) is 0 Å². The fourth-order valence-electron chi connectivity index (χ4n) is 0. The first kappa shape index (κ1) is 10.2. The summed E-state index contributed by atoms with van der Waals surface area (Å²) in [6, 6.07) is 0. The summed E-state index contributed by atoms with van der Waals surface area (Å²) in [4.78, 5) is 0. The normalized spacial score (nSPS) is 9.67. The SMILES string of the molecule is [Hg+2].[O]=[W](=[O])([O-])[O-]. The first-order valence-corrected chi connectivity index (χ1v) is 5.46. The van der Waals surface area contributed by atoms with Gasteiger partial charge in [-0.2, -0.15) is 0 Å². The van der Waals surface area contributed by atoms with Crippen LogP contribution in [0.4, 0.5) is 0 Å². The van der Waals surface area contributed by atoms with Crippen molar-refractivity contribution in [2.24, 2.45) is 0 Å². The van der Waals surface area contributed by atoms with Crippen molar-refractivity contribution in [1.82, 2.24) is 0 Å². The standard InChI is InChI=1S/Hg.4O.W/q+2;;;2*-1;. The molecule has 6 heavy (non-hydrogen) atoms. The number of rotatable bonds is 0. The van der Waals surface area contributed by atoms with Crippen LogP contribution in [0.1, 0.15) is 0 Å². The van der Waals surface area contributed by atoms with E-state index >= 15 is 0 Å². The fourth-order valence-corrected chi connectivity index (χ4v) is 0. The van der Waals surface area contributed by atoms with E-state index in [9.17, 15) is 0 Å². The topological polar surface area (TPSA) is 80.3 Å². The van der Waals surface area contributed by atoms with Gasteiger partial charge in [-0.15, -0.1) is 0 Å². The van der Waals surface area contributed by atoms with Crippen LogP contribution in [0.25, 0.3) is 0 Å². The minimum atomic E-state index is -6.17. The summed E-state index contributed by atoms with van der Waals surface area (Å²) in [6.45, 7) is 0. The summed E-state index contributed by atoms with van der Waals surface area (Å²) >= 11 is -6.17. The molecule has 0 spiro atoms. The zero-order chi connectivity index (χ0) is 4.50. The predicted molar refractivity (Wildman–Crippen MR) is 1.37 cm³/mol. The van der Waals surface area contributed by atoms with E-state index in [1.165, 1.54) is 0 Å². The van der Waals surface area contributed by atoms with E-state index < -0.39 is 16.7 Å². The van der Waals surface area contributed by atoms with Crippen molar-refractivity contribution in [2.75, 3.05) is 0 Å². The van der Waals surface area contributed by atoms with Crippen LogP contribution >= 0.6 is 0 Å². The van der Waals surface area contributed by atoms with Crippen LogP contribution in [0.5, 0.6) is 0 Å². The molecule has 0 N–H and O–H groups in total. The Bertz CT molecular complexity index is 90.7. The van der Waals surface area contributed by atoms with Crippen molar-refractivity contribution < 1.29 is 58.7 Å². The van der Waals surface area contributed by atoms with Gasteiger partial charge in [0.15, 0.2) is 0 Å². The maximum atomic E-state index is 8.65. The quantitative estimate of drug-likeness (QED) is 0.380. The van der Waals surface area contributed by atoms with Crippen LogP contribution in [-0.2, 0) is 51.2 Å². The third-order valence-electron chi connectivity index (χ3n) is 0. The van der Waals surface area contributed by atoms with E-state index in [1.807, 2.05) is 0 Å². The Morgan fingerprint density at radius 2 is 1.17 bits per heavy atom. The molecule has 0 aromatic heterocycles. The van der Waals surface area contributed by atoms with Gasteiger partial charge in [0.05, 0.1) is 0 Å². The van der Waals surface area contributed by atoms with Crippen molar-refractivity contribution >= 4 is 0 Å². The summed E-state index contributed by atoms with van der Waals surface area (Å²) in [5, 5.41) is 0. The maximum absolute atomic E-state index is 8.65. The van der Waals surface area contributed by atoms with Gasteiger partial charge in [-0.3, -0.25) is 0 Å². The third-order valence-corrected chi connectivity index (χ3v) is 0. The van der Waals surface area contributed by atoms with Crippen LogP contribution in [0, 0.1) is 0 Å². The average molecular weight is 448 g/mol. The first-order chi connectivity index (χ1) is 2.00. The zero-order valence-electron chi connectivity index (χ0n) is 2.75. The monoisotopic (exact) mass is 450 g/mol. The van der Waals surface area contributed by atoms with Crippen molar-refractivity contribution in [3.8, 4) is 0 Å². The second kappa shape index (κ2) is 3.18. The van der Waals surface area contributed by atoms with Gasteiger partial charge in [-0.25, -0.2) is 0 Å². The molecule has 0 radical (unpaired) electrons. The van der Waals surface area contributed by atoms with E-state index in [2.05, 4.69) is 0 Å². The van der Waals surface area contributed by atoms with Crippen molar-refractivity contribution in [1.29, 1.82) is 0 Å². The van der Waals surface area contributed by atoms with Gasteiger partial charge in [0.25, 0.3) is 0 Å². The first-order valence-electron chi connectivity index (χ1n) is 0.667. The molecule has 0 saturated heterocycles. The van der Waals surface area contributed by atoms with Crippen LogP contribution in [0.2, 0.25) is 0 Å². The van der Waals surface area contributed by atoms with Gasteiger partial charge in [0.2, 0.25) is 0 Å². The molecule has 0 aliphatic rings. The summed E-state index contributed by atoms with van der Waals surface area (Å²) in [5.74, 6) is 0. The Balaban J connectivity index is 0. The van der Waals surface area contributed by atoms with Crippen LogP contribution in [0.3, 0.4) is 0 Å². The summed E-state index contributed by atoms with van der Waals surface area (Å²) < 4.78 is 34.6. The molecule has 0 bridgehead atoms. The molecule has 0 amide bonds. The predicted octanol–water partition coefficient (Wildman–Crippen LogP) is -2.62. The Kier molecular flexibility index (Phi) is 5.41. The van der Waals surface area contributed by atoms with Crippen molar-refractivity contribution in [2.45, 2.75) is 0 Å². The molecule has 0 rings (SSSR count). The third kappa shape index (κ3) is 67.5. The van der Waals surface area contributed by atoms with E-state index in [1.54, 1.807) is 0 Å². The molecule has 32 valence electrons. The van der Waals surface area contributed by atoms with Crippen molar-refractivity contribution in [3.05, 3.63) is 0 Å². The molecular formula is HgO4W. The summed E-state index contributed by atoms with van der Waals surface area (Å²) in [5.41, 5.74) is 0. The molecule has 0 aliphatic heterocycles. The molecule has 0 atom stereocenters. The molecule has 0 unspecified atom stereocenters. The Morgan fingerprint density at radius 1 is 1.17 bits per heavy atom. The van der Waals surface area contributed by atoms with Gasteiger partial charge in [0.1, 0.15) is 0 Å². The van der Waals surface area contributed by atoms with E-state index in [-0.39, 0.29) is 27.7 Å². The Morgan fingerprint density at radius 3 is 1.17 bits per heavy atom. The molecule has 4 nitrogen and oxygen atoms in total. The molecule has 0 saturated carbocycles. The molecule has 0 aromatic carbocycles. The minimum absolute atomic E-state index is 0. The fraction of sp³-hybridized carbons (Fsp3) is 0. The van der Waals surface area contributed by atoms with Gasteiger partial charge < -0.3 is 0 Å². The zero-order valence-corrected chi connectivity index (χ0v) is 11.2. The van der Waals surface area contributed by atoms with Gasteiger partial charge >= 0.3 is 58.7 Å². The molecule has 0 aliphatic carbocycles. The second-order valence-electron chi connectivity index (χ2n) is 0.408. The molecule has 0 fully saturated rings. The number of hydrogen-bond donors (Lipinski definition) is 0.